The summed E-state index contributed by atoms with van der Waals surface area (Å²) in [6, 6.07) is 16.5. The molecule has 1 N–H and O–H groups in total. The van der Waals surface area contributed by atoms with Crippen LogP contribution in [0.4, 0.5) is 0 Å². The molecule has 0 aromatic heterocycles. The molecule has 0 saturated heterocycles. The van der Waals surface area contributed by atoms with Crippen molar-refractivity contribution in [2.75, 3.05) is 0 Å². The zero-order chi connectivity index (χ0) is 13.5. The predicted octanol–water partition coefficient (Wildman–Crippen LogP) is 3.29. The molecule has 1 aliphatic heterocycles. The Hall–Kier alpha value is -1.80. The van der Waals surface area contributed by atoms with Crippen molar-refractivity contribution in [2.45, 2.75) is 31.5 Å². The van der Waals surface area contributed by atoms with Crippen molar-refractivity contribution in [3.05, 3.63) is 65.2 Å². The average molecular weight is 266 g/mol. The highest BCUT2D eigenvalue weighted by Crippen LogP contribution is 2.40. The van der Waals surface area contributed by atoms with E-state index in [9.17, 15) is 5.11 Å². The summed E-state index contributed by atoms with van der Waals surface area (Å²) in [5.74, 6) is 1.30. The van der Waals surface area contributed by atoms with Gasteiger partial charge in [-0.15, -0.1) is 0 Å². The lowest BCUT2D eigenvalue weighted by Crippen LogP contribution is -2.20. The molecule has 0 bridgehead atoms. The molecule has 2 aliphatic rings. The van der Waals surface area contributed by atoms with Gasteiger partial charge in [0.15, 0.2) is 0 Å². The number of para-hydroxylation sites is 1. The fraction of sp³-hybridized carbons (Fsp3) is 0.333. The normalized spacial score (nSPS) is 26.9. The lowest BCUT2D eigenvalue weighted by molar-refractivity contribution is 0.0881. The van der Waals surface area contributed by atoms with Crippen molar-refractivity contribution in [2.24, 2.45) is 5.92 Å². The molecule has 2 nitrogen and oxygen atoms in total. The maximum absolute atomic E-state index is 10.5. The number of benzene rings is 2. The standard InChI is InChI=1S/C18H18O2/c19-18-14(9-12-5-1-3-7-16(12)18)11-15-10-13-6-2-4-8-17(13)20-15/h1-8,14-15,18-19H,9-11H2. The Bertz CT molecular complexity index is 610. The second kappa shape index (κ2) is 4.64. The molecule has 2 heteroatoms. The van der Waals surface area contributed by atoms with Crippen molar-refractivity contribution >= 4 is 0 Å². The smallest absolute Gasteiger partial charge is 0.123 e. The van der Waals surface area contributed by atoms with E-state index in [0.29, 0.717) is 0 Å². The highest BCUT2D eigenvalue weighted by Gasteiger charge is 2.34. The zero-order valence-corrected chi connectivity index (χ0v) is 11.3. The van der Waals surface area contributed by atoms with Crippen molar-refractivity contribution in [1.29, 1.82) is 0 Å². The fourth-order valence-electron chi connectivity index (χ4n) is 3.59. The summed E-state index contributed by atoms with van der Waals surface area (Å²) in [6.07, 6.45) is 2.73. The molecule has 1 aliphatic carbocycles. The lowest BCUT2D eigenvalue weighted by Gasteiger charge is -2.19. The molecule has 2 aromatic carbocycles. The van der Waals surface area contributed by atoms with E-state index in [4.69, 9.17) is 4.74 Å². The molecule has 3 unspecified atom stereocenters. The van der Waals surface area contributed by atoms with Crippen LogP contribution in [0.15, 0.2) is 48.5 Å². The molecule has 2 aromatic rings. The quantitative estimate of drug-likeness (QED) is 0.904. The molecule has 0 spiro atoms. The Balaban J connectivity index is 1.48. The van der Waals surface area contributed by atoms with Gasteiger partial charge in [0.2, 0.25) is 0 Å². The third-order valence-electron chi connectivity index (χ3n) is 4.58. The van der Waals surface area contributed by atoms with E-state index in [1.54, 1.807) is 0 Å². The summed E-state index contributed by atoms with van der Waals surface area (Å²) in [7, 11) is 0. The number of hydrogen-bond donors (Lipinski definition) is 1. The third kappa shape index (κ3) is 1.92. The second-order valence-corrected chi connectivity index (χ2v) is 5.90. The van der Waals surface area contributed by atoms with E-state index < -0.39 is 0 Å². The molecule has 3 atom stereocenters. The molecule has 20 heavy (non-hydrogen) atoms. The van der Waals surface area contributed by atoms with E-state index in [2.05, 4.69) is 24.3 Å². The fourth-order valence-corrected chi connectivity index (χ4v) is 3.59. The summed E-state index contributed by atoms with van der Waals surface area (Å²) >= 11 is 0. The van der Waals surface area contributed by atoms with Gasteiger partial charge in [0, 0.05) is 6.42 Å². The van der Waals surface area contributed by atoms with Crippen LogP contribution in [0.2, 0.25) is 0 Å². The summed E-state index contributed by atoms with van der Waals surface area (Å²) in [5.41, 5.74) is 3.69. The first-order valence-corrected chi connectivity index (χ1v) is 7.31. The van der Waals surface area contributed by atoms with E-state index in [0.717, 1.165) is 30.6 Å². The molecule has 0 amide bonds. The topological polar surface area (TPSA) is 29.5 Å². The minimum Gasteiger partial charge on any atom is -0.490 e. The van der Waals surface area contributed by atoms with Gasteiger partial charge < -0.3 is 9.84 Å². The largest absolute Gasteiger partial charge is 0.490 e. The van der Waals surface area contributed by atoms with Gasteiger partial charge in [-0.3, -0.25) is 0 Å². The van der Waals surface area contributed by atoms with Gasteiger partial charge >= 0.3 is 0 Å². The SMILES string of the molecule is OC1c2ccccc2CC1CC1Cc2ccccc2O1. The number of rotatable bonds is 2. The first-order chi connectivity index (χ1) is 9.81. The summed E-state index contributed by atoms with van der Waals surface area (Å²) in [6.45, 7) is 0. The Morgan fingerprint density at radius 3 is 2.50 bits per heavy atom. The Kier molecular flexibility index (Phi) is 2.78. The van der Waals surface area contributed by atoms with Gasteiger partial charge in [-0.05, 0) is 41.5 Å². The highest BCUT2D eigenvalue weighted by molar-refractivity contribution is 5.38. The molecule has 0 radical (unpaired) electrons. The third-order valence-corrected chi connectivity index (χ3v) is 4.58. The Labute approximate surface area is 119 Å². The van der Waals surface area contributed by atoms with E-state index in [1.807, 2.05) is 24.3 Å². The van der Waals surface area contributed by atoms with Crippen LogP contribution in [0.3, 0.4) is 0 Å². The Morgan fingerprint density at radius 2 is 1.70 bits per heavy atom. The minimum atomic E-state index is -0.335. The molecule has 1 heterocycles. The number of hydrogen-bond acceptors (Lipinski definition) is 2. The Morgan fingerprint density at radius 1 is 0.950 bits per heavy atom. The van der Waals surface area contributed by atoms with Gasteiger partial charge in [-0.25, -0.2) is 0 Å². The zero-order valence-electron chi connectivity index (χ0n) is 11.3. The van der Waals surface area contributed by atoms with Crippen LogP contribution in [0.5, 0.6) is 5.75 Å². The van der Waals surface area contributed by atoms with Crippen LogP contribution in [0.1, 0.15) is 29.2 Å². The summed E-state index contributed by atoms with van der Waals surface area (Å²) < 4.78 is 6.00. The van der Waals surface area contributed by atoms with Crippen LogP contribution < -0.4 is 4.74 Å². The molecular formula is C18H18O2. The van der Waals surface area contributed by atoms with Crippen LogP contribution in [0, 0.1) is 5.92 Å². The summed E-state index contributed by atoms with van der Waals surface area (Å²) in [4.78, 5) is 0. The molecule has 102 valence electrons. The highest BCUT2D eigenvalue weighted by atomic mass is 16.5. The molecule has 4 rings (SSSR count). The summed E-state index contributed by atoms with van der Waals surface area (Å²) in [5, 5.41) is 10.5. The van der Waals surface area contributed by atoms with Crippen molar-refractivity contribution in [3.8, 4) is 5.75 Å². The molecule has 0 fully saturated rings. The monoisotopic (exact) mass is 266 g/mol. The van der Waals surface area contributed by atoms with Crippen molar-refractivity contribution < 1.29 is 9.84 Å². The van der Waals surface area contributed by atoms with Crippen LogP contribution in [-0.4, -0.2) is 11.2 Å². The van der Waals surface area contributed by atoms with Crippen LogP contribution in [0.25, 0.3) is 0 Å². The molecule has 0 saturated carbocycles. The number of ether oxygens (including phenoxy) is 1. The number of fused-ring (bicyclic) bond motifs is 2. The lowest BCUT2D eigenvalue weighted by atomic mass is 9.94. The van der Waals surface area contributed by atoms with Gasteiger partial charge in [-0.1, -0.05) is 42.5 Å². The maximum atomic E-state index is 10.5. The number of aliphatic hydroxyl groups excluding tert-OH is 1. The average Bonchev–Trinajstić information content (AvgIpc) is 3.01. The first-order valence-electron chi connectivity index (χ1n) is 7.31. The second-order valence-electron chi connectivity index (χ2n) is 5.90. The minimum absolute atomic E-state index is 0.210. The van der Waals surface area contributed by atoms with Gasteiger partial charge in [0.25, 0.3) is 0 Å². The van der Waals surface area contributed by atoms with Crippen LogP contribution in [-0.2, 0) is 12.8 Å². The van der Waals surface area contributed by atoms with Gasteiger partial charge in [0.1, 0.15) is 11.9 Å². The van der Waals surface area contributed by atoms with E-state index in [1.165, 1.54) is 11.1 Å². The predicted molar refractivity (Wildman–Crippen MR) is 77.8 cm³/mol. The first kappa shape index (κ1) is 12.0. The van der Waals surface area contributed by atoms with E-state index in [-0.39, 0.29) is 18.1 Å². The van der Waals surface area contributed by atoms with Gasteiger partial charge in [-0.2, -0.15) is 0 Å². The van der Waals surface area contributed by atoms with Crippen molar-refractivity contribution in [3.63, 3.8) is 0 Å². The molecular weight excluding hydrogens is 248 g/mol. The van der Waals surface area contributed by atoms with Gasteiger partial charge in [0.05, 0.1) is 6.10 Å². The van der Waals surface area contributed by atoms with Crippen molar-refractivity contribution in [1.82, 2.24) is 0 Å². The van der Waals surface area contributed by atoms with E-state index >= 15 is 0 Å². The van der Waals surface area contributed by atoms with Crippen LogP contribution >= 0.6 is 0 Å². The number of aliphatic hydroxyl groups is 1. The maximum Gasteiger partial charge on any atom is 0.123 e.